The number of nitrogens with one attached hydrogen (secondary N) is 1. The molecule has 0 unspecified atom stereocenters. The third-order valence-corrected chi connectivity index (χ3v) is 2.35. The van der Waals surface area contributed by atoms with Gasteiger partial charge < -0.3 is 11.1 Å². The molecule has 1 heterocycles. The number of fused-ring (bicyclic) bond motifs is 1. The Morgan fingerprint density at radius 1 is 1.38 bits per heavy atom. The van der Waals surface area contributed by atoms with E-state index in [0.29, 0.717) is 12.8 Å². The van der Waals surface area contributed by atoms with Gasteiger partial charge in [0.25, 0.3) is 0 Å². The minimum absolute atomic E-state index is 0.308. The molecule has 2 rings (SSSR count). The predicted molar refractivity (Wildman–Crippen MR) is 64.2 cm³/mol. The van der Waals surface area contributed by atoms with Gasteiger partial charge in [-0.05, 0) is 12.5 Å². The summed E-state index contributed by atoms with van der Waals surface area (Å²) in [7, 11) is 0. The van der Waals surface area contributed by atoms with Crippen LogP contribution in [0.2, 0.25) is 0 Å². The van der Waals surface area contributed by atoms with Crippen LogP contribution >= 0.6 is 0 Å². The monoisotopic (exact) mass is 215 g/mol. The summed E-state index contributed by atoms with van der Waals surface area (Å²) in [6.45, 7) is 0. The molecule has 0 bridgehead atoms. The normalized spacial score (nSPS) is 13.4. The summed E-state index contributed by atoms with van der Waals surface area (Å²) >= 11 is 0. The van der Waals surface area contributed by atoms with Gasteiger partial charge in [-0.2, -0.15) is 0 Å². The van der Waals surface area contributed by atoms with Gasteiger partial charge in [0.1, 0.15) is 0 Å². The molecule has 0 atom stereocenters. The van der Waals surface area contributed by atoms with Crippen molar-refractivity contribution in [3.05, 3.63) is 41.7 Å². The maximum atomic E-state index is 10.7. The maximum absolute atomic E-state index is 10.7. The quantitative estimate of drug-likeness (QED) is 0.804. The van der Waals surface area contributed by atoms with Gasteiger partial charge in [-0.25, -0.2) is 0 Å². The van der Waals surface area contributed by atoms with Gasteiger partial charge in [0.05, 0.1) is 5.70 Å². The van der Waals surface area contributed by atoms with Gasteiger partial charge >= 0.3 is 0 Å². The van der Waals surface area contributed by atoms with Crippen molar-refractivity contribution in [2.24, 2.45) is 10.7 Å². The SMILES string of the molecule is NC(=O)CCC1=CNc2ccccc2C=N1. The Morgan fingerprint density at radius 3 is 3.00 bits per heavy atom. The highest BCUT2D eigenvalue weighted by atomic mass is 16.1. The molecule has 4 heteroatoms. The Kier molecular flexibility index (Phi) is 3.00. The van der Waals surface area contributed by atoms with Crippen LogP contribution in [0.5, 0.6) is 0 Å². The van der Waals surface area contributed by atoms with Gasteiger partial charge in [-0.3, -0.25) is 9.79 Å². The lowest BCUT2D eigenvalue weighted by Crippen LogP contribution is -2.10. The van der Waals surface area contributed by atoms with E-state index in [2.05, 4.69) is 10.3 Å². The molecule has 0 fully saturated rings. The van der Waals surface area contributed by atoms with E-state index in [1.165, 1.54) is 0 Å². The van der Waals surface area contributed by atoms with E-state index in [4.69, 9.17) is 5.73 Å². The molecule has 1 aromatic rings. The van der Waals surface area contributed by atoms with Gasteiger partial charge in [-0.15, -0.1) is 0 Å². The van der Waals surface area contributed by atoms with Crippen molar-refractivity contribution in [2.75, 3.05) is 5.32 Å². The first kappa shape index (κ1) is 10.4. The van der Waals surface area contributed by atoms with Gasteiger partial charge in [0, 0.05) is 30.1 Å². The van der Waals surface area contributed by atoms with E-state index in [-0.39, 0.29) is 5.91 Å². The number of primary amides is 1. The van der Waals surface area contributed by atoms with Crippen LogP contribution in [0.3, 0.4) is 0 Å². The highest BCUT2D eigenvalue weighted by Crippen LogP contribution is 2.18. The molecule has 1 aliphatic rings. The van der Waals surface area contributed by atoms with Crippen LogP contribution in [0.1, 0.15) is 18.4 Å². The lowest BCUT2D eigenvalue weighted by Gasteiger charge is -2.02. The first-order valence-electron chi connectivity index (χ1n) is 5.13. The van der Waals surface area contributed by atoms with Crippen LogP contribution in [0.15, 0.2) is 41.2 Å². The van der Waals surface area contributed by atoms with E-state index >= 15 is 0 Å². The van der Waals surface area contributed by atoms with Crippen LogP contribution in [0.4, 0.5) is 5.69 Å². The second kappa shape index (κ2) is 4.61. The number of rotatable bonds is 3. The highest BCUT2D eigenvalue weighted by Gasteiger charge is 2.04. The summed E-state index contributed by atoms with van der Waals surface area (Å²) in [6.07, 6.45) is 4.49. The predicted octanol–water partition coefficient (Wildman–Crippen LogP) is 1.64. The van der Waals surface area contributed by atoms with Crippen LogP contribution in [-0.4, -0.2) is 12.1 Å². The molecule has 1 aliphatic heterocycles. The van der Waals surface area contributed by atoms with Crippen molar-refractivity contribution in [3.8, 4) is 0 Å². The summed E-state index contributed by atoms with van der Waals surface area (Å²) in [5, 5.41) is 3.16. The standard InChI is InChI=1S/C12H13N3O/c13-12(16)6-5-10-8-15-11-4-2-1-3-9(11)7-14-10/h1-4,7-8,15H,5-6H2,(H2,13,16). The number of para-hydroxylation sites is 1. The zero-order chi connectivity index (χ0) is 11.4. The van der Waals surface area contributed by atoms with Crippen molar-refractivity contribution >= 4 is 17.8 Å². The molecular formula is C12H13N3O. The van der Waals surface area contributed by atoms with Crippen molar-refractivity contribution in [3.63, 3.8) is 0 Å². The number of allylic oxidation sites excluding steroid dienone is 1. The molecular weight excluding hydrogens is 202 g/mol. The number of hydrogen-bond acceptors (Lipinski definition) is 3. The second-order valence-electron chi connectivity index (χ2n) is 3.59. The minimum atomic E-state index is -0.308. The zero-order valence-electron chi connectivity index (χ0n) is 8.81. The molecule has 0 aromatic heterocycles. The smallest absolute Gasteiger partial charge is 0.217 e. The van der Waals surface area contributed by atoms with Crippen molar-refractivity contribution in [2.45, 2.75) is 12.8 Å². The molecule has 1 amide bonds. The highest BCUT2D eigenvalue weighted by molar-refractivity contribution is 5.89. The van der Waals surface area contributed by atoms with Crippen molar-refractivity contribution in [1.29, 1.82) is 0 Å². The number of benzene rings is 1. The largest absolute Gasteiger partial charge is 0.370 e. The first-order chi connectivity index (χ1) is 7.75. The molecule has 0 aliphatic carbocycles. The number of nitrogens with two attached hydrogens (primary N) is 1. The Balaban J connectivity index is 2.12. The Hall–Kier alpha value is -2.10. The minimum Gasteiger partial charge on any atom is -0.370 e. The molecule has 16 heavy (non-hydrogen) atoms. The Morgan fingerprint density at radius 2 is 2.19 bits per heavy atom. The molecule has 0 saturated carbocycles. The fourth-order valence-electron chi connectivity index (χ4n) is 1.48. The number of nitrogens with zero attached hydrogens (tertiary/aromatic N) is 1. The zero-order valence-corrected chi connectivity index (χ0v) is 8.81. The van der Waals surface area contributed by atoms with Crippen LogP contribution < -0.4 is 11.1 Å². The van der Waals surface area contributed by atoms with Gasteiger partial charge in [0.15, 0.2) is 0 Å². The summed E-state index contributed by atoms with van der Waals surface area (Å²) in [6, 6.07) is 7.88. The van der Waals surface area contributed by atoms with E-state index in [9.17, 15) is 4.79 Å². The van der Waals surface area contributed by atoms with E-state index in [0.717, 1.165) is 16.9 Å². The fourth-order valence-corrected chi connectivity index (χ4v) is 1.48. The Labute approximate surface area is 93.9 Å². The molecule has 0 spiro atoms. The lowest BCUT2D eigenvalue weighted by atomic mass is 10.2. The number of amides is 1. The van der Waals surface area contributed by atoms with Crippen LogP contribution in [0, 0.1) is 0 Å². The molecule has 0 saturated heterocycles. The molecule has 0 radical (unpaired) electrons. The van der Waals surface area contributed by atoms with Crippen molar-refractivity contribution < 1.29 is 4.79 Å². The lowest BCUT2D eigenvalue weighted by molar-refractivity contribution is -0.117. The second-order valence-corrected chi connectivity index (χ2v) is 3.59. The van der Waals surface area contributed by atoms with E-state index in [1.807, 2.05) is 30.5 Å². The molecule has 4 nitrogen and oxygen atoms in total. The van der Waals surface area contributed by atoms with Crippen molar-refractivity contribution in [1.82, 2.24) is 0 Å². The number of carbonyl (C=O) groups is 1. The maximum Gasteiger partial charge on any atom is 0.217 e. The Bertz CT molecular complexity index is 463. The van der Waals surface area contributed by atoms with E-state index < -0.39 is 0 Å². The third-order valence-electron chi connectivity index (χ3n) is 2.35. The van der Waals surface area contributed by atoms with Crippen LogP contribution in [0.25, 0.3) is 0 Å². The van der Waals surface area contributed by atoms with Gasteiger partial charge in [-0.1, -0.05) is 18.2 Å². The molecule has 1 aromatic carbocycles. The average Bonchev–Trinajstić information content (AvgIpc) is 2.49. The number of aliphatic imine (C=N–C) groups is 1. The number of carbonyl (C=O) groups excluding carboxylic acids is 1. The fraction of sp³-hybridized carbons (Fsp3) is 0.167. The summed E-state index contributed by atoms with van der Waals surface area (Å²) < 4.78 is 0. The van der Waals surface area contributed by atoms with Gasteiger partial charge in [0.2, 0.25) is 5.91 Å². The molecule has 82 valence electrons. The van der Waals surface area contributed by atoms with E-state index in [1.54, 1.807) is 6.21 Å². The topological polar surface area (TPSA) is 67.5 Å². The molecule has 3 N–H and O–H groups in total. The number of hydrogen-bond donors (Lipinski definition) is 2. The average molecular weight is 215 g/mol. The summed E-state index contributed by atoms with van der Waals surface area (Å²) in [4.78, 5) is 15.0. The first-order valence-corrected chi connectivity index (χ1v) is 5.13. The third kappa shape index (κ3) is 2.48. The van der Waals surface area contributed by atoms with Crippen LogP contribution in [-0.2, 0) is 4.79 Å². The number of anilines is 1. The summed E-state index contributed by atoms with van der Waals surface area (Å²) in [5.41, 5.74) is 7.97. The summed E-state index contributed by atoms with van der Waals surface area (Å²) in [5.74, 6) is -0.308.